The van der Waals surface area contributed by atoms with Gasteiger partial charge in [0.05, 0.1) is 5.25 Å². The molecule has 13 heavy (non-hydrogen) atoms. The van der Waals surface area contributed by atoms with Crippen LogP contribution in [0.25, 0.3) is 0 Å². The van der Waals surface area contributed by atoms with E-state index in [-0.39, 0.29) is 17.2 Å². The fourth-order valence-corrected chi connectivity index (χ4v) is 1.56. The van der Waals surface area contributed by atoms with Gasteiger partial charge in [-0.1, -0.05) is 0 Å². The molecule has 0 aromatic heterocycles. The largest absolute Gasteiger partial charge is 0.351 e. The van der Waals surface area contributed by atoms with Crippen molar-refractivity contribution in [3.63, 3.8) is 0 Å². The van der Waals surface area contributed by atoms with E-state index in [9.17, 15) is 4.79 Å². The summed E-state index contributed by atoms with van der Waals surface area (Å²) in [5, 5.41) is 3.03. The molecule has 0 heterocycles. The summed E-state index contributed by atoms with van der Waals surface area (Å²) in [4.78, 5) is 11.5. The van der Waals surface area contributed by atoms with E-state index in [1.54, 1.807) is 11.8 Å². The Hall–Kier alpha value is -0.220. The van der Waals surface area contributed by atoms with Gasteiger partial charge >= 0.3 is 0 Å². The molecule has 3 nitrogen and oxygen atoms in total. The van der Waals surface area contributed by atoms with Gasteiger partial charge in [-0.05, 0) is 31.9 Å². The third-order valence-electron chi connectivity index (χ3n) is 2.50. The van der Waals surface area contributed by atoms with Gasteiger partial charge in [-0.15, -0.1) is 0 Å². The van der Waals surface area contributed by atoms with Crippen LogP contribution in [-0.2, 0) is 4.79 Å². The highest BCUT2D eigenvalue weighted by molar-refractivity contribution is 7.99. The summed E-state index contributed by atoms with van der Waals surface area (Å²) in [6.45, 7) is 2.48. The first kappa shape index (κ1) is 10.9. The van der Waals surface area contributed by atoms with Crippen LogP contribution in [0.2, 0.25) is 0 Å². The number of nitrogens with two attached hydrogens (primary N) is 1. The lowest BCUT2D eigenvalue weighted by atomic mass is 10.2. The first-order valence-electron chi connectivity index (χ1n) is 4.72. The Bertz CT molecular complexity index is 182. The molecule has 0 saturated heterocycles. The maximum Gasteiger partial charge on any atom is 0.233 e. The highest BCUT2D eigenvalue weighted by atomic mass is 32.2. The Balaban J connectivity index is 2.31. The lowest BCUT2D eigenvalue weighted by Gasteiger charge is -2.18. The molecule has 0 radical (unpaired) electrons. The van der Waals surface area contributed by atoms with Crippen molar-refractivity contribution in [2.45, 2.75) is 31.1 Å². The third kappa shape index (κ3) is 3.19. The highest BCUT2D eigenvalue weighted by Gasteiger charge is 2.31. The molecule has 0 aromatic carbocycles. The Morgan fingerprint density at radius 1 is 1.69 bits per heavy atom. The summed E-state index contributed by atoms with van der Waals surface area (Å²) >= 11 is 1.56. The number of amides is 1. The average Bonchev–Trinajstić information content (AvgIpc) is 2.95. The molecule has 2 atom stereocenters. The van der Waals surface area contributed by atoms with Crippen molar-refractivity contribution in [1.29, 1.82) is 0 Å². The van der Waals surface area contributed by atoms with E-state index >= 15 is 0 Å². The maximum atomic E-state index is 11.5. The third-order valence-corrected chi connectivity index (χ3v) is 3.42. The SMILES string of the molecule is CSC(C)C(=O)NC(CN)C1CC1. The fourth-order valence-electron chi connectivity index (χ4n) is 1.27. The molecule has 3 N–H and O–H groups in total. The van der Waals surface area contributed by atoms with E-state index in [1.165, 1.54) is 12.8 Å². The lowest BCUT2D eigenvalue weighted by Crippen LogP contribution is -2.44. The molecule has 76 valence electrons. The number of rotatable bonds is 5. The van der Waals surface area contributed by atoms with Crippen LogP contribution in [-0.4, -0.2) is 30.0 Å². The van der Waals surface area contributed by atoms with Crippen LogP contribution in [0.15, 0.2) is 0 Å². The van der Waals surface area contributed by atoms with Crippen molar-refractivity contribution < 1.29 is 4.79 Å². The van der Waals surface area contributed by atoms with E-state index < -0.39 is 0 Å². The van der Waals surface area contributed by atoms with Gasteiger partial charge in [0.2, 0.25) is 5.91 Å². The summed E-state index contributed by atoms with van der Waals surface area (Å²) in [5.74, 6) is 0.762. The van der Waals surface area contributed by atoms with Crippen molar-refractivity contribution in [2.75, 3.05) is 12.8 Å². The van der Waals surface area contributed by atoms with Crippen molar-refractivity contribution in [1.82, 2.24) is 5.32 Å². The molecule has 1 saturated carbocycles. The van der Waals surface area contributed by atoms with Crippen LogP contribution >= 0.6 is 11.8 Å². The summed E-state index contributed by atoms with van der Waals surface area (Å²) in [6, 6.07) is 0.210. The molecule has 1 aliphatic carbocycles. The number of carbonyl (C=O) groups excluding carboxylic acids is 1. The number of hydrogen-bond acceptors (Lipinski definition) is 3. The summed E-state index contributed by atoms with van der Waals surface area (Å²) in [5.41, 5.74) is 5.58. The molecule has 0 aliphatic heterocycles. The van der Waals surface area contributed by atoms with Gasteiger partial charge in [0.15, 0.2) is 0 Å². The van der Waals surface area contributed by atoms with E-state index in [0.717, 1.165) is 0 Å². The second kappa shape index (κ2) is 4.86. The number of hydrogen-bond donors (Lipinski definition) is 2. The van der Waals surface area contributed by atoms with Gasteiger partial charge < -0.3 is 11.1 Å². The molecule has 1 fully saturated rings. The zero-order valence-corrected chi connectivity index (χ0v) is 9.06. The van der Waals surface area contributed by atoms with E-state index in [2.05, 4.69) is 5.32 Å². The van der Waals surface area contributed by atoms with Gasteiger partial charge in [-0.2, -0.15) is 11.8 Å². The van der Waals surface area contributed by atoms with Crippen molar-refractivity contribution >= 4 is 17.7 Å². The molecule has 1 amide bonds. The predicted molar refractivity (Wildman–Crippen MR) is 56.7 cm³/mol. The zero-order chi connectivity index (χ0) is 9.84. The van der Waals surface area contributed by atoms with E-state index in [4.69, 9.17) is 5.73 Å². The fraction of sp³-hybridized carbons (Fsp3) is 0.889. The van der Waals surface area contributed by atoms with Gasteiger partial charge in [-0.25, -0.2) is 0 Å². The second-order valence-electron chi connectivity index (χ2n) is 3.57. The number of thioether (sulfide) groups is 1. The average molecular weight is 202 g/mol. The van der Waals surface area contributed by atoms with Crippen molar-refractivity contribution in [3.8, 4) is 0 Å². The van der Waals surface area contributed by atoms with Crippen LogP contribution in [0.1, 0.15) is 19.8 Å². The zero-order valence-electron chi connectivity index (χ0n) is 8.25. The van der Waals surface area contributed by atoms with Crippen molar-refractivity contribution in [3.05, 3.63) is 0 Å². The molecule has 2 unspecified atom stereocenters. The molecule has 1 rings (SSSR count). The van der Waals surface area contributed by atoms with E-state index in [0.29, 0.717) is 12.5 Å². The molecule has 0 aromatic rings. The number of carbonyl (C=O) groups is 1. The minimum Gasteiger partial charge on any atom is -0.351 e. The maximum absolute atomic E-state index is 11.5. The summed E-state index contributed by atoms with van der Waals surface area (Å²) in [6.07, 6.45) is 4.38. The molecular weight excluding hydrogens is 184 g/mol. The Morgan fingerprint density at radius 3 is 2.69 bits per heavy atom. The van der Waals surface area contributed by atoms with Crippen LogP contribution in [0, 0.1) is 5.92 Å². The first-order chi connectivity index (χ1) is 6.19. The highest BCUT2D eigenvalue weighted by Crippen LogP contribution is 2.32. The van der Waals surface area contributed by atoms with Gasteiger partial charge in [-0.3, -0.25) is 4.79 Å². The smallest absolute Gasteiger partial charge is 0.233 e. The van der Waals surface area contributed by atoms with Crippen molar-refractivity contribution in [2.24, 2.45) is 11.7 Å². The van der Waals surface area contributed by atoms with E-state index in [1.807, 2.05) is 13.2 Å². The molecule has 1 aliphatic rings. The lowest BCUT2D eigenvalue weighted by molar-refractivity contribution is -0.121. The minimum absolute atomic E-state index is 0.0350. The monoisotopic (exact) mass is 202 g/mol. The summed E-state index contributed by atoms with van der Waals surface area (Å²) < 4.78 is 0. The van der Waals surface area contributed by atoms with Crippen LogP contribution in [0.5, 0.6) is 0 Å². The Morgan fingerprint density at radius 2 is 2.31 bits per heavy atom. The predicted octanol–water partition coefficient (Wildman–Crippen LogP) is 0.591. The minimum atomic E-state index is 0.0350. The first-order valence-corrected chi connectivity index (χ1v) is 6.01. The van der Waals surface area contributed by atoms with Gasteiger partial charge in [0.25, 0.3) is 0 Å². The molecular formula is C9H18N2OS. The Labute approximate surface area is 83.8 Å². The van der Waals surface area contributed by atoms with Gasteiger partial charge in [0, 0.05) is 12.6 Å². The van der Waals surface area contributed by atoms with Crippen LogP contribution < -0.4 is 11.1 Å². The molecule has 0 spiro atoms. The molecule has 0 bridgehead atoms. The van der Waals surface area contributed by atoms with Crippen LogP contribution in [0.4, 0.5) is 0 Å². The normalized spacial score (nSPS) is 20.8. The topological polar surface area (TPSA) is 55.1 Å². The quantitative estimate of drug-likeness (QED) is 0.686. The number of nitrogens with one attached hydrogen (secondary N) is 1. The second-order valence-corrected chi connectivity index (χ2v) is 4.74. The molecule has 4 heteroatoms. The van der Waals surface area contributed by atoms with Gasteiger partial charge in [0.1, 0.15) is 0 Å². The Kier molecular flexibility index (Phi) is 4.06. The standard InChI is InChI=1S/C9H18N2OS/c1-6(13-2)9(12)11-8(5-10)7-3-4-7/h6-8H,3-5,10H2,1-2H3,(H,11,12). The summed E-state index contributed by atoms with van der Waals surface area (Å²) in [7, 11) is 0. The van der Waals surface area contributed by atoms with Crippen LogP contribution in [0.3, 0.4) is 0 Å².